The largest absolute Gasteiger partial charge is 0.573 e. The number of benzene rings is 1. The fourth-order valence-electron chi connectivity index (χ4n) is 2.05. The average molecular weight is 306 g/mol. The van der Waals surface area contributed by atoms with Gasteiger partial charge in [0.2, 0.25) is 0 Å². The Balaban J connectivity index is 2.73. The molecule has 7 heteroatoms. The lowest BCUT2D eigenvalue weighted by molar-refractivity contribution is -0.274. The van der Waals surface area contributed by atoms with Crippen LogP contribution in [0.4, 0.5) is 13.2 Å². The quantitative estimate of drug-likeness (QED) is 0.689. The van der Waals surface area contributed by atoms with Gasteiger partial charge in [-0.3, -0.25) is 0 Å². The van der Waals surface area contributed by atoms with Crippen molar-refractivity contribution >= 4 is 0 Å². The Hall–Kier alpha value is -1.31. The van der Waals surface area contributed by atoms with Crippen LogP contribution in [0.3, 0.4) is 0 Å². The summed E-state index contributed by atoms with van der Waals surface area (Å²) in [5.74, 6) is -0.260. The predicted octanol–water partition coefficient (Wildman–Crippen LogP) is 2.34. The maximum atomic E-state index is 12.1. The highest BCUT2D eigenvalue weighted by atomic mass is 19.4. The number of hydrogen-bond acceptors (Lipinski definition) is 4. The van der Waals surface area contributed by atoms with Crippen LogP contribution >= 0.6 is 0 Å². The monoisotopic (exact) mass is 306 g/mol. The molecule has 2 atom stereocenters. The van der Waals surface area contributed by atoms with Crippen molar-refractivity contribution in [1.29, 1.82) is 0 Å². The highest BCUT2D eigenvalue weighted by molar-refractivity contribution is 5.29. The fraction of sp³-hybridized carbons (Fsp3) is 0.571. The molecular weight excluding hydrogens is 285 g/mol. The molecule has 120 valence electrons. The Labute approximate surface area is 122 Å². The average Bonchev–Trinajstić information content (AvgIpc) is 2.43. The third kappa shape index (κ3) is 6.33. The molecule has 0 aliphatic rings. The van der Waals surface area contributed by atoms with Gasteiger partial charge in [0.15, 0.2) is 0 Å². The van der Waals surface area contributed by atoms with Crippen LogP contribution in [-0.4, -0.2) is 30.7 Å². The number of aliphatic hydroxyl groups excluding tert-OH is 1. The van der Waals surface area contributed by atoms with E-state index in [4.69, 9.17) is 10.8 Å². The number of aliphatic hydroxyl groups is 1. The minimum atomic E-state index is -4.69. The number of nitrogens with two attached hydrogens (primary N) is 1. The molecule has 0 aromatic heterocycles. The van der Waals surface area contributed by atoms with Gasteiger partial charge in [0, 0.05) is 25.2 Å². The lowest BCUT2D eigenvalue weighted by atomic mass is 10.0. The Kier molecular flexibility index (Phi) is 6.94. The molecule has 0 spiro atoms. The number of hydrogen-bond donors (Lipinski definition) is 3. The van der Waals surface area contributed by atoms with Gasteiger partial charge in [-0.15, -0.1) is 13.2 Å². The van der Waals surface area contributed by atoms with E-state index in [1.165, 1.54) is 12.1 Å². The van der Waals surface area contributed by atoms with Crippen molar-refractivity contribution in [2.45, 2.75) is 38.2 Å². The van der Waals surface area contributed by atoms with E-state index in [9.17, 15) is 13.2 Å². The molecule has 0 aliphatic heterocycles. The summed E-state index contributed by atoms with van der Waals surface area (Å²) in [7, 11) is 0. The molecule has 4 N–H and O–H groups in total. The van der Waals surface area contributed by atoms with Crippen molar-refractivity contribution in [2.24, 2.45) is 5.73 Å². The zero-order valence-electron chi connectivity index (χ0n) is 11.9. The van der Waals surface area contributed by atoms with Gasteiger partial charge in [-0.05, 0) is 30.5 Å². The van der Waals surface area contributed by atoms with Crippen LogP contribution < -0.4 is 15.8 Å². The molecule has 4 nitrogen and oxygen atoms in total. The van der Waals surface area contributed by atoms with E-state index >= 15 is 0 Å². The van der Waals surface area contributed by atoms with Gasteiger partial charge in [0.25, 0.3) is 0 Å². The van der Waals surface area contributed by atoms with Crippen LogP contribution in [0, 0.1) is 0 Å². The first-order valence-electron chi connectivity index (χ1n) is 6.82. The Morgan fingerprint density at radius 1 is 1.29 bits per heavy atom. The van der Waals surface area contributed by atoms with Gasteiger partial charge in [0.1, 0.15) is 5.75 Å². The first-order valence-corrected chi connectivity index (χ1v) is 6.82. The molecule has 1 aromatic carbocycles. The fourth-order valence-corrected chi connectivity index (χ4v) is 2.05. The first-order chi connectivity index (χ1) is 9.89. The van der Waals surface area contributed by atoms with Crippen molar-refractivity contribution in [2.75, 3.05) is 13.2 Å². The second-order valence-electron chi connectivity index (χ2n) is 4.69. The highest BCUT2D eigenvalue weighted by Crippen LogP contribution is 2.24. The molecule has 0 saturated carbocycles. The van der Waals surface area contributed by atoms with Gasteiger partial charge in [-0.25, -0.2) is 0 Å². The van der Waals surface area contributed by atoms with E-state index in [1.54, 1.807) is 12.1 Å². The lowest BCUT2D eigenvalue weighted by Crippen LogP contribution is -2.37. The van der Waals surface area contributed by atoms with Gasteiger partial charge in [-0.1, -0.05) is 19.1 Å². The maximum Gasteiger partial charge on any atom is 0.573 e. The molecule has 0 heterocycles. The first kappa shape index (κ1) is 17.7. The molecule has 0 radical (unpaired) electrons. The number of ether oxygens (including phenoxy) is 1. The molecule has 0 aliphatic carbocycles. The molecule has 2 unspecified atom stereocenters. The summed E-state index contributed by atoms with van der Waals surface area (Å²) < 4.78 is 40.1. The van der Waals surface area contributed by atoms with Crippen LogP contribution in [0.25, 0.3) is 0 Å². The summed E-state index contributed by atoms with van der Waals surface area (Å²) in [6, 6.07) is 5.56. The van der Waals surface area contributed by atoms with E-state index in [2.05, 4.69) is 10.1 Å². The predicted molar refractivity (Wildman–Crippen MR) is 73.8 cm³/mol. The van der Waals surface area contributed by atoms with Crippen molar-refractivity contribution in [3.63, 3.8) is 0 Å². The maximum absolute atomic E-state index is 12.1. The van der Waals surface area contributed by atoms with Crippen molar-refractivity contribution < 1.29 is 23.0 Å². The summed E-state index contributed by atoms with van der Waals surface area (Å²) >= 11 is 0. The minimum absolute atomic E-state index is 0.0706. The SMILES string of the molecule is CCC(CCO)NC(CN)c1ccc(OC(F)(F)F)cc1. The van der Waals surface area contributed by atoms with Gasteiger partial charge in [-0.2, -0.15) is 0 Å². The van der Waals surface area contributed by atoms with Gasteiger partial charge >= 0.3 is 6.36 Å². The van der Waals surface area contributed by atoms with Crippen LogP contribution in [-0.2, 0) is 0 Å². The summed E-state index contributed by atoms with van der Waals surface area (Å²) in [4.78, 5) is 0. The van der Waals surface area contributed by atoms with E-state index in [1.807, 2.05) is 6.92 Å². The highest BCUT2D eigenvalue weighted by Gasteiger charge is 2.31. The molecule has 1 rings (SSSR count). The molecule has 0 saturated heterocycles. The molecule has 0 bridgehead atoms. The lowest BCUT2D eigenvalue weighted by Gasteiger charge is -2.24. The summed E-state index contributed by atoms with van der Waals surface area (Å²) in [6.45, 7) is 2.36. The van der Waals surface area contributed by atoms with Crippen molar-refractivity contribution in [3.8, 4) is 5.75 Å². The molecule has 1 aromatic rings. The molecule has 21 heavy (non-hydrogen) atoms. The minimum Gasteiger partial charge on any atom is -0.406 e. The second kappa shape index (κ2) is 8.21. The Bertz CT molecular complexity index is 410. The zero-order chi connectivity index (χ0) is 15.9. The van der Waals surface area contributed by atoms with Crippen LogP contribution in [0.2, 0.25) is 0 Å². The topological polar surface area (TPSA) is 67.5 Å². The molecule has 0 fully saturated rings. The Morgan fingerprint density at radius 3 is 2.33 bits per heavy atom. The third-order valence-electron chi connectivity index (χ3n) is 3.16. The smallest absolute Gasteiger partial charge is 0.406 e. The molecule has 0 amide bonds. The third-order valence-corrected chi connectivity index (χ3v) is 3.16. The van der Waals surface area contributed by atoms with Gasteiger partial charge in [0.05, 0.1) is 0 Å². The van der Waals surface area contributed by atoms with E-state index in [-0.39, 0.29) is 24.4 Å². The number of halogens is 3. The van der Waals surface area contributed by atoms with Crippen LogP contribution in [0.15, 0.2) is 24.3 Å². The summed E-state index contributed by atoms with van der Waals surface area (Å²) in [5.41, 5.74) is 6.49. The van der Waals surface area contributed by atoms with E-state index in [0.29, 0.717) is 13.0 Å². The normalized spacial score (nSPS) is 14.8. The summed E-state index contributed by atoms with van der Waals surface area (Å²) in [5, 5.41) is 12.3. The second-order valence-corrected chi connectivity index (χ2v) is 4.69. The number of rotatable bonds is 8. The van der Waals surface area contributed by atoms with E-state index < -0.39 is 6.36 Å². The van der Waals surface area contributed by atoms with Gasteiger partial charge < -0.3 is 20.9 Å². The van der Waals surface area contributed by atoms with Crippen molar-refractivity contribution in [1.82, 2.24) is 5.32 Å². The molecular formula is C14H21F3N2O2. The van der Waals surface area contributed by atoms with Crippen LogP contribution in [0.5, 0.6) is 5.75 Å². The summed E-state index contributed by atoms with van der Waals surface area (Å²) in [6.07, 6.45) is -3.27. The standard InChI is InChI=1S/C14H21F3N2O2/c1-2-11(7-8-20)19-13(9-18)10-3-5-12(6-4-10)21-14(15,16)17/h3-6,11,13,19-20H,2,7-9,18H2,1H3. The van der Waals surface area contributed by atoms with Crippen molar-refractivity contribution in [3.05, 3.63) is 29.8 Å². The Morgan fingerprint density at radius 2 is 1.90 bits per heavy atom. The van der Waals surface area contributed by atoms with Crippen LogP contribution in [0.1, 0.15) is 31.4 Å². The van der Waals surface area contributed by atoms with E-state index in [0.717, 1.165) is 12.0 Å². The number of alkyl halides is 3. The number of nitrogens with one attached hydrogen (secondary N) is 1. The zero-order valence-corrected chi connectivity index (χ0v) is 11.9.